The third-order valence-electron chi connectivity index (χ3n) is 4.46. The average Bonchev–Trinajstić information content (AvgIpc) is 2.80. The van der Waals surface area contributed by atoms with Crippen molar-refractivity contribution in [1.82, 2.24) is 9.97 Å². The molecular formula is C21H21F4N5O5S. The Kier molecular flexibility index (Phi) is 7.92. The van der Waals surface area contributed by atoms with E-state index in [1.807, 2.05) is 4.72 Å². The predicted octanol–water partition coefficient (Wildman–Crippen LogP) is 4.43. The molecule has 15 heteroatoms. The monoisotopic (exact) mass is 531 g/mol. The van der Waals surface area contributed by atoms with Crippen molar-refractivity contribution in [3.63, 3.8) is 0 Å². The fourth-order valence-corrected chi connectivity index (χ4v) is 4.04. The Morgan fingerprint density at radius 3 is 2.11 bits per heavy atom. The van der Waals surface area contributed by atoms with Crippen LogP contribution in [0, 0.1) is 5.82 Å². The molecule has 0 unspecified atom stereocenters. The zero-order chi connectivity index (χ0) is 26.5. The summed E-state index contributed by atoms with van der Waals surface area (Å²) in [6, 6.07) is 8.53. The van der Waals surface area contributed by atoms with Gasteiger partial charge in [0.1, 0.15) is 0 Å². The summed E-state index contributed by atoms with van der Waals surface area (Å²) in [7, 11) is -0.476. The second-order valence-corrected chi connectivity index (χ2v) is 8.80. The van der Waals surface area contributed by atoms with Gasteiger partial charge in [-0.05, 0) is 12.1 Å². The highest BCUT2D eigenvalue weighted by Gasteiger charge is 2.35. The lowest BCUT2D eigenvalue weighted by atomic mass is 10.2. The molecule has 0 saturated carbocycles. The number of halogens is 4. The Morgan fingerprint density at radius 1 is 0.944 bits per heavy atom. The molecule has 3 rings (SSSR count). The van der Waals surface area contributed by atoms with Crippen LogP contribution in [0.5, 0.6) is 17.2 Å². The van der Waals surface area contributed by atoms with Crippen LogP contribution in [0.2, 0.25) is 0 Å². The molecular weight excluding hydrogens is 510 g/mol. The molecule has 3 N–H and O–H groups in total. The number of aromatic nitrogens is 2. The Labute approximate surface area is 203 Å². The Balaban J connectivity index is 1.88. The van der Waals surface area contributed by atoms with Crippen molar-refractivity contribution in [2.75, 3.05) is 42.4 Å². The number of ether oxygens (including phenoxy) is 3. The quantitative estimate of drug-likeness (QED) is 0.326. The van der Waals surface area contributed by atoms with E-state index in [0.717, 1.165) is 6.20 Å². The summed E-state index contributed by atoms with van der Waals surface area (Å²) >= 11 is 0. The second-order valence-electron chi connectivity index (χ2n) is 7.08. The number of benzene rings is 2. The third kappa shape index (κ3) is 6.78. The standard InChI is InChI=1S/C21H21F4N5O5S/c1-33-16-8-12(9-17(34-2)18(16)35-3)27-20-26-10-13(22)19(29-20)28-14-6-4-5-7-15(14)30-36(31,32)11-21(23,24)25/h4-10,30H,11H2,1-3H3,(H2,26,27,28,29). The third-order valence-corrected chi connectivity index (χ3v) is 5.70. The van der Waals surface area contributed by atoms with Crippen molar-refractivity contribution >= 4 is 38.9 Å². The van der Waals surface area contributed by atoms with E-state index in [4.69, 9.17) is 14.2 Å². The van der Waals surface area contributed by atoms with Gasteiger partial charge < -0.3 is 24.8 Å². The van der Waals surface area contributed by atoms with Crippen LogP contribution in [-0.2, 0) is 10.0 Å². The number of methoxy groups -OCH3 is 3. The van der Waals surface area contributed by atoms with Crippen molar-refractivity contribution < 1.29 is 40.2 Å². The average molecular weight is 531 g/mol. The van der Waals surface area contributed by atoms with E-state index in [9.17, 15) is 26.0 Å². The largest absolute Gasteiger partial charge is 0.493 e. The van der Waals surface area contributed by atoms with Crippen molar-refractivity contribution in [1.29, 1.82) is 0 Å². The van der Waals surface area contributed by atoms with Crippen LogP contribution < -0.4 is 29.6 Å². The molecule has 0 aliphatic heterocycles. The Morgan fingerprint density at radius 2 is 1.56 bits per heavy atom. The molecule has 1 heterocycles. The maximum Gasteiger partial charge on any atom is 0.404 e. The minimum Gasteiger partial charge on any atom is -0.493 e. The zero-order valence-electron chi connectivity index (χ0n) is 19.1. The maximum atomic E-state index is 14.5. The van der Waals surface area contributed by atoms with Crippen LogP contribution in [0.25, 0.3) is 0 Å². The van der Waals surface area contributed by atoms with E-state index in [-0.39, 0.29) is 23.1 Å². The molecule has 0 amide bonds. The molecule has 36 heavy (non-hydrogen) atoms. The lowest BCUT2D eigenvalue weighted by Crippen LogP contribution is -2.28. The van der Waals surface area contributed by atoms with Crippen molar-refractivity contribution in [3.05, 3.63) is 48.4 Å². The second kappa shape index (κ2) is 10.7. The molecule has 0 aliphatic carbocycles. The van der Waals surface area contributed by atoms with Gasteiger partial charge in [-0.3, -0.25) is 4.72 Å². The number of rotatable bonds is 10. The van der Waals surface area contributed by atoms with Crippen LogP contribution in [0.1, 0.15) is 0 Å². The summed E-state index contributed by atoms with van der Waals surface area (Å²) in [6.45, 7) is 0. The SMILES string of the molecule is COc1cc(Nc2ncc(F)c(Nc3ccccc3NS(=O)(=O)CC(F)(F)F)n2)cc(OC)c1OC. The van der Waals surface area contributed by atoms with Gasteiger partial charge in [0.15, 0.2) is 28.9 Å². The molecule has 0 bridgehead atoms. The smallest absolute Gasteiger partial charge is 0.404 e. The summed E-state index contributed by atoms with van der Waals surface area (Å²) in [5, 5.41) is 5.43. The highest BCUT2D eigenvalue weighted by atomic mass is 32.2. The van der Waals surface area contributed by atoms with Gasteiger partial charge in [-0.25, -0.2) is 17.8 Å². The van der Waals surface area contributed by atoms with Gasteiger partial charge in [-0.1, -0.05) is 12.1 Å². The van der Waals surface area contributed by atoms with Crippen LogP contribution in [0.15, 0.2) is 42.6 Å². The van der Waals surface area contributed by atoms with Crippen LogP contribution in [0.4, 0.5) is 46.4 Å². The number of nitrogens with zero attached hydrogens (tertiary/aromatic N) is 2. The van der Waals surface area contributed by atoms with Gasteiger partial charge >= 0.3 is 6.18 Å². The summed E-state index contributed by atoms with van der Waals surface area (Å²) in [5.41, 5.74) is 0.126. The first kappa shape index (κ1) is 26.6. The number of para-hydroxylation sites is 2. The molecule has 0 radical (unpaired) electrons. The predicted molar refractivity (Wildman–Crippen MR) is 125 cm³/mol. The fourth-order valence-electron chi connectivity index (χ4n) is 3.03. The van der Waals surface area contributed by atoms with Gasteiger partial charge in [-0.15, -0.1) is 0 Å². The fraction of sp³-hybridized carbons (Fsp3) is 0.238. The summed E-state index contributed by atoms with van der Waals surface area (Å²) in [5.74, 6) is -2.42. The van der Waals surface area contributed by atoms with Crippen LogP contribution in [0.3, 0.4) is 0 Å². The van der Waals surface area contributed by atoms with E-state index in [0.29, 0.717) is 22.9 Å². The van der Waals surface area contributed by atoms with Crippen LogP contribution >= 0.6 is 0 Å². The number of hydrogen-bond donors (Lipinski definition) is 3. The van der Waals surface area contributed by atoms with Gasteiger partial charge in [0.2, 0.25) is 21.7 Å². The Bertz CT molecular complexity index is 1310. The topological polar surface area (TPSA) is 124 Å². The summed E-state index contributed by atoms with van der Waals surface area (Å²) in [6.07, 6.45) is -4.09. The highest BCUT2D eigenvalue weighted by molar-refractivity contribution is 7.92. The minimum atomic E-state index is -4.94. The molecule has 1 aromatic heterocycles. The normalized spacial score (nSPS) is 11.5. The maximum absolute atomic E-state index is 14.5. The van der Waals surface area contributed by atoms with E-state index in [1.54, 1.807) is 12.1 Å². The number of alkyl halides is 3. The number of sulfonamides is 1. The molecule has 0 spiro atoms. The number of anilines is 5. The van der Waals surface area contributed by atoms with Gasteiger partial charge in [-0.2, -0.15) is 18.2 Å². The molecule has 0 saturated heterocycles. The van der Waals surface area contributed by atoms with Crippen molar-refractivity contribution in [3.8, 4) is 17.2 Å². The number of nitrogens with one attached hydrogen (secondary N) is 3. The molecule has 2 aromatic carbocycles. The first-order chi connectivity index (χ1) is 16.9. The molecule has 0 atom stereocenters. The first-order valence-electron chi connectivity index (χ1n) is 9.97. The number of hydrogen-bond acceptors (Lipinski definition) is 9. The van der Waals surface area contributed by atoms with Gasteiger partial charge in [0.25, 0.3) is 0 Å². The lowest BCUT2D eigenvalue weighted by Gasteiger charge is -2.16. The first-order valence-corrected chi connectivity index (χ1v) is 11.6. The zero-order valence-corrected chi connectivity index (χ0v) is 19.9. The van der Waals surface area contributed by atoms with E-state index in [1.165, 1.54) is 45.6 Å². The highest BCUT2D eigenvalue weighted by Crippen LogP contribution is 2.40. The van der Waals surface area contributed by atoms with Gasteiger partial charge in [0, 0.05) is 17.8 Å². The minimum absolute atomic E-state index is 0.0421. The van der Waals surface area contributed by atoms with E-state index in [2.05, 4.69) is 20.6 Å². The van der Waals surface area contributed by atoms with E-state index >= 15 is 0 Å². The van der Waals surface area contributed by atoms with Crippen molar-refractivity contribution in [2.45, 2.75) is 6.18 Å². The molecule has 194 valence electrons. The van der Waals surface area contributed by atoms with Gasteiger partial charge in [0.05, 0.1) is 38.9 Å². The molecule has 0 aliphatic rings. The van der Waals surface area contributed by atoms with E-state index < -0.39 is 27.8 Å². The van der Waals surface area contributed by atoms with Crippen LogP contribution in [-0.4, -0.2) is 51.6 Å². The lowest BCUT2D eigenvalue weighted by molar-refractivity contribution is -0.106. The molecule has 10 nitrogen and oxygen atoms in total. The molecule has 0 fully saturated rings. The Hall–Kier alpha value is -4.01. The van der Waals surface area contributed by atoms with Crippen molar-refractivity contribution in [2.24, 2.45) is 0 Å². The summed E-state index contributed by atoms with van der Waals surface area (Å²) in [4.78, 5) is 7.90. The summed E-state index contributed by atoms with van der Waals surface area (Å²) < 4.78 is 93.7. The molecule has 3 aromatic rings.